The first-order valence-electron chi connectivity index (χ1n) is 9.73. The molecule has 0 aromatic carbocycles. The van der Waals surface area contributed by atoms with Crippen molar-refractivity contribution in [3.8, 4) is 0 Å². The average molecular weight is 344 g/mol. The van der Waals surface area contributed by atoms with Crippen LogP contribution in [0.3, 0.4) is 0 Å². The number of likely N-dealkylation sites (tertiary alicyclic amines) is 1. The van der Waals surface area contributed by atoms with E-state index in [2.05, 4.69) is 9.88 Å². The highest BCUT2D eigenvalue weighted by Crippen LogP contribution is 2.34. The molecular formula is C20H28N2O3. The molecule has 136 valence electrons. The summed E-state index contributed by atoms with van der Waals surface area (Å²) in [6, 6.07) is 4.14. The van der Waals surface area contributed by atoms with Gasteiger partial charge in [-0.1, -0.05) is 12.8 Å². The summed E-state index contributed by atoms with van der Waals surface area (Å²) in [5.74, 6) is 0.898. The van der Waals surface area contributed by atoms with Gasteiger partial charge >= 0.3 is 0 Å². The molecule has 0 N–H and O–H groups in total. The van der Waals surface area contributed by atoms with Gasteiger partial charge in [0.2, 0.25) is 5.91 Å². The molecule has 25 heavy (non-hydrogen) atoms. The van der Waals surface area contributed by atoms with Crippen LogP contribution in [0.1, 0.15) is 50.5 Å². The van der Waals surface area contributed by atoms with E-state index < -0.39 is 0 Å². The van der Waals surface area contributed by atoms with E-state index in [1.807, 2.05) is 12.1 Å². The lowest BCUT2D eigenvalue weighted by Gasteiger charge is -2.32. The van der Waals surface area contributed by atoms with Gasteiger partial charge in [-0.15, -0.1) is 0 Å². The van der Waals surface area contributed by atoms with Crippen molar-refractivity contribution in [2.24, 2.45) is 5.92 Å². The normalized spacial score (nSPS) is 29.8. The summed E-state index contributed by atoms with van der Waals surface area (Å²) in [7, 11) is 0. The summed E-state index contributed by atoms with van der Waals surface area (Å²) >= 11 is 0. The molecule has 5 nitrogen and oxygen atoms in total. The Hall–Kier alpha value is -1.46. The SMILES string of the molecule is O=C(CC1CCCC1)N1C[C@H](OCc2ccncc2)[C@H]2OCCC[C@H]21. The molecule has 0 spiro atoms. The van der Waals surface area contributed by atoms with Crippen LogP contribution in [0.15, 0.2) is 24.5 Å². The summed E-state index contributed by atoms with van der Waals surface area (Å²) in [6.07, 6.45) is 11.3. The largest absolute Gasteiger partial charge is 0.373 e. The number of ether oxygens (including phenoxy) is 2. The van der Waals surface area contributed by atoms with Crippen molar-refractivity contribution in [3.63, 3.8) is 0 Å². The highest BCUT2D eigenvalue weighted by atomic mass is 16.5. The molecule has 1 aromatic rings. The third-order valence-corrected chi connectivity index (χ3v) is 5.95. The molecular weight excluding hydrogens is 316 g/mol. The van der Waals surface area contributed by atoms with Crippen molar-refractivity contribution in [2.75, 3.05) is 13.2 Å². The molecule has 2 aliphatic heterocycles. The van der Waals surface area contributed by atoms with Gasteiger partial charge < -0.3 is 14.4 Å². The molecule has 0 radical (unpaired) electrons. The minimum atomic E-state index is -0.0222. The number of hydrogen-bond donors (Lipinski definition) is 0. The Morgan fingerprint density at radius 2 is 2.00 bits per heavy atom. The standard InChI is InChI=1S/C20H28N2O3/c23-19(12-15-4-1-2-5-15)22-13-18(20-17(22)6-3-11-24-20)25-14-16-7-9-21-10-8-16/h7-10,15,17-18,20H,1-6,11-14H2/t17-,18+,20+/m1/s1. The van der Waals surface area contributed by atoms with E-state index in [-0.39, 0.29) is 18.2 Å². The first kappa shape index (κ1) is 17.0. The van der Waals surface area contributed by atoms with Crippen LogP contribution < -0.4 is 0 Å². The molecule has 1 aliphatic carbocycles. The first-order chi connectivity index (χ1) is 12.3. The molecule has 1 amide bonds. The van der Waals surface area contributed by atoms with E-state index in [1.54, 1.807) is 12.4 Å². The fourth-order valence-electron chi connectivity index (χ4n) is 4.60. The zero-order chi connectivity index (χ0) is 17.1. The van der Waals surface area contributed by atoms with Gasteiger partial charge in [-0.25, -0.2) is 0 Å². The molecule has 4 rings (SSSR count). The minimum absolute atomic E-state index is 0.0222. The van der Waals surface area contributed by atoms with Crippen LogP contribution in [0.4, 0.5) is 0 Å². The monoisotopic (exact) mass is 344 g/mol. The average Bonchev–Trinajstić information content (AvgIpc) is 3.28. The fourth-order valence-corrected chi connectivity index (χ4v) is 4.60. The van der Waals surface area contributed by atoms with Gasteiger partial charge in [0.25, 0.3) is 0 Å². The summed E-state index contributed by atoms with van der Waals surface area (Å²) in [5, 5.41) is 0. The molecule has 2 saturated heterocycles. The third kappa shape index (κ3) is 3.87. The second kappa shape index (κ2) is 7.83. The van der Waals surface area contributed by atoms with E-state index >= 15 is 0 Å². The smallest absolute Gasteiger partial charge is 0.223 e. The number of nitrogens with zero attached hydrogens (tertiary/aromatic N) is 2. The van der Waals surface area contributed by atoms with Gasteiger partial charge in [0.1, 0.15) is 12.2 Å². The fraction of sp³-hybridized carbons (Fsp3) is 0.700. The lowest BCUT2D eigenvalue weighted by Crippen LogP contribution is -2.44. The molecule has 1 aromatic heterocycles. The second-order valence-electron chi connectivity index (χ2n) is 7.65. The van der Waals surface area contributed by atoms with Crippen LogP contribution in [0.5, 0.6) is 0 Å². The van der Waals surface area contributed by atoms with Crippen molar-refractivity contribution >= 4 is 5.91 Å². The minimum Gasteiger partial charge on any atom is -0.373 e. The van der Waals surface area contributed by atoms with E-state index in [1.165, 1.54) is 25.7 Å². The maximum atomic E-state index is 12.9. The molecule has 0 unspecified atom stereocenters. The maximum absolute atomic E-state index is 12.9. The van der Waals surface area contributed by atoms with Crippen LogP contribution in [0, 0.1) is 5.92 Å². The summed E-state index contributed by atoms with van der Waals surface area (Å²) < 4.78 is 12.2. The molecule has 3 aliphatic rings. The number of aromatic nitrogens is 1. The van der Waals surface area contributed by atoms with E-state index in [0.717, 1.165) is 25.0 Å². The lowest BCUT2D eigenvalue weighted by molar-refractivity contribution is -0.135. The zero-order valence-electron chi connectivity index (χ0n) is 14.8. The summed E-state index contributed by atoms with van der Waals surface area (Å²) in [4.78, 5) is 19.0. The highest BCUT2D eigenvalue weighted by molar-refractivity contribution is 5.77. The number of carbonyl (C=O) groups is 1. The number of rotatable bonds is 5. The van der Waals surface area contributed by atoms with Crippen LogP contribution in [-0.2, 0) is 20.9 Å². The van der Waals surface area contributed by atoms with Crippen molar-refractivity contribution in [1.29, 1.82) is 0 Å². The van der Waals surface area contributed by atoms with Crippen molar-refractivity contribution in [2.45, 2.75) is 69.8 Å². The summed E-state index contributed by atoms with van der Waals surface area (Å²) in [6.45, 7) is 2.00. The topological polar surface area (TPSA) is 51.7 Å². The van der Waals surface area contributed by atoms with Gasteiger partial charge in [0, 0.05) is 32.0 Å². The number of amides is 1. The van der Waals surface area contributed by atoms with Crippen molar-refractivity contribution < 1.29 is 14.3 Å². The highest BCUT2D eigenvalue weighted by Gasteiger charge is 2.46. The zero-order valence-corrected chi connectivity index (χ0v) is 14.8. The van der Waals surface area contributed by atoms with Crippen LogP contribution in [-0.4, -0.2) is 47.2 Å². The van der Waals surface area contributed by atoms with Gasteiger partial charge in [0.05, 0.1) is 12.6 Å². The Kier molecular flexibility index (Phi) is 5.32. The van der Waals surface area contributed by atoms with Crippen molar-refractivity contribution in [1.82, 2.24) is 9.88 Å². The van der Waals surface area contributed by atoms with Crippen molar-refractivity contribution in [3.05, 3.63) is 30.1 Å². The number of carbonyl (C=O) groups excluding carboxylic acids is 1. The van der Waals surface area contributed by atoms with E-state index in [4.69, 9.17) is 9.47 Å². The van der Waals surface area contributed by atoms with Gasteiger partial charge in [0.15, 0.2) is 0 Å². The molecule has 3 heterocycles. The van der Waals surface area contributed by atoms with Gasteiger partial charge in [-0.3, -0.25) is 9.78 Å². The lowest BCUT2D eigenvalue weighted by atomic mass is 10.0. The Morgan fingerprint density at radius 3 is 2.80 bits per heavy atom. The molecule has 1 saturated carbocycles. The number of pyridine rings is 1. The molecule has 3 fully saturated rings. The summed E-state index contributed by atoms with van der Waals surface area (Å²) in [5.41, 5.74) is 1.11. The molecule has 3 atom stereocenters. The van der Waals surface area contributed by atoms with E-state index in [9.17, 15) is 4.79 Å². The number of hydrogen-bond acceptors (Lipinski definition) is 4. The molecule has 0 bridgehead atoms. The third-order valence-electron chi connectivity index (χ3n) is 5.95. The first-order valence-corrected chi connectivity index (χ1v) is 9.73. The maximum Gasteiger partial charge on any atom is 0.223 e. The quantitative estimate of drug-likeness (QED) is 0.824. The van der Waals surface area contributed by atoms with E-state index in [0.29, 0.717) is 31.4 Å². The Labute approximate surface area is 149 Å². The number of fused-ring (bicyclic) bond motifs is 1. The van der Waals surface area contributed by atoms with Gasteiger partial charge in [-0.05, 0) is 49.3 Å². The Morgan fingerprint density at radius 1 is 1.20 bits per heavy atom. The Bertz CT molecular complexity index is 574. The second-order valence-corrected chi connectivity index (χ2v) is 7.65. The molecule has 5 heteroatoms. The van der Waals surface area contributed by atoms with Crippen LogP contribution >= 0.6 is 0 Å². The predicted octanol–water partition coefficient (Wildman–Crippen LogP) is 2.94. The Balaban J connectivity index is 1.39. The van der Waals surface area contributed by atoms with Gasteiger partial charge in [-0.2, -0.15) is 0 Å². The predicted molar refractivity (Wildman–Crippen MR) is 93.9 cm³/mol. The van der Waals surface area contributed by atoms with Crippen LogP contribution in [0.25, 0.3) is 0 Å². The van der Waals surface area contributed by atoms with Crippen LogP contribution in [0.2, 0.25) is 0 Å².